The number of benzene rings is 1. The zero-order valence-electron chi connectivity index (χ0n) is 9.33. The summed E-state index contributed by atoms with van der Waals surface area (Å²) in [4.78, 5) is 12.3. The van der Waals surface area contributed by atoms with Crippen LogP contribution in [0.25, 0.3) is 10.1 Å². The predicted molar refractivity (Wildman–Crippen MR) is 71.0 cm³/mol. The molecular weight excluding hydrogens is 258 g/mol. The molecule has 5 heteroatoms. The van der Waals surface area contributed by atoms with Gasteiger partial charge in [-0.1, -0.05) is 29.8 Å². The molecule has 0 aliphatic carbocycles. The van der Waals surface area contributed by atoms with Crippen LogP contribution in [0.2, 0.25) is 5.02 Å². The number of ether oxygens (including phenoxy) is 1. The fraction of sp³-hybridized carbons (Fsp3) is 0.250. The topological polar surface area (TPSA) is 38.3 Å². The van der Waals surface area contributed by atoms with E-state index in [2.05, 4.69) is 5.32 Å². The summed E-state index contributed by atoms with van der Waals surface area (Å²) in [6.45, 7) is 0.980. The Hall–Kier alpha value is -1.10. The van der Waals surface area contributed by atoms with Crippen LogP contribution in [0.4, 0.5) is 0 Å². The number of likely N-dealkylation sites (N-methyl/N-ethyl adjacent to an activating group) is 1. The fourth-order valence-corrected chi connectivity index (χ4v) is 2.86. The van der Waals surface area contributed by atoms with Gasteiger partial charge in [0.05, 0.1) is 5.02 Å². The second kappa shape index (κ2) is 5.49. The molecule has 1 aromatic heterocycles. The van der Waals surface area contributed by atoms with E-state index in [1.165, 1.54) is 11.3 Å². The van der Waals surface area contributed by atoms with Gasteiger partial charge in [-0.05, 0) is 13.1 Å². The Labute approximate surface area is 108 Å². The Morgan fingerprint density at radius 2 is 2.24 bits per heavy atom. The normalized spacial score (nSPS) is 10.7. The summed E-state index contributed by atoms with van der Waals surface area (Å²) in [5.74, 6) is -0.355. The number of nitrogens with one attached hydrogen (secondary N) is 1. The number of thiophene rings is 1. The van der Waals surface area contributed by atoms with Crippen LogP contribution in [-0.4, -0.2) is 26.2 Å². The SMILES string of the molecule is CNCCOC(=O)c1sc2ccccc2c1Cl. The van der Waals surface area contributed by atoms with E-state index in [1.54, 1.807) is 7.05 Å². The Balaban J connectivity index is 2.23. The van der Waals surface area contributed by atoms with Gasteiger partial charge in [0, 0.05) is 16.6 Å². The highest BCUT2D eigenvalue weighted by molar-refractivity contribution is 7.21. The molecule has 17 heavy (non-hydrogen) atoms. The minimum atomic E-state index is -0.355. The van der Waals surface area contributed by atoms with Gasteiger partial charge in [0.15, 0.2) is 0 Å². The van der Waals surface area contributed by atoms with Gasteiger partial charge in [-0.2, -0.15) is 0 Å². The van der Waals surface area contributed by atoms with Crippen LogP contribution in [0.1, 0.15) is 9.67 Å². The average molecular weight is 270 g/mol. The van der Waals surface area contributed by atoms with E-state index in [1.807, 2.05) is 24.3 Å². The number of carbonyl (C=O) groups is 1. The third-order valence-corrected chi connectivity index (χ3v) is 3.96. The van der Waals surface area contributed by atoms with Crippen molar-refractivity contribution < 1.29 is 9.53 Å². The van der Waals surface area contributed by atoms with Crippen molar-refractivity contribution in [2.45, 2.75) is 0 Å². The van der Waals surface area contributed by atoms with Crippen molar-refractivity contribution in [3.05, 3.63) is 34.2 Å². The second-order valence-corrected chi connectivity index (χ2v) is 4.91. The third-order valence-electron chi connectivity index (χ3n) is 2.31. The fourth-order valence-electron chi connectivity index (χ4n) is 1.46. The zero-order valence-corrected chi connectivity index (χ0v) is 10.9. The molecule has 90 valence electrons. The first kappa shape index (κ1) is 12.4. The number of rotatable bonds is 4. The van der Waals surface area contributed by atoms with Crippen molar-refractivity contribution in [1.82, 2.24) is 5.32 Å². The van der Waals surface area contributed by atoms with E-state index in [9.17, 15) is 4.79 Å². The number of halogens is 1. The number of esters is 1. The molecule has 0 atom stereocenters. The highest BCUT2D eigenvalue weighted by Gasteiger charge is 2.17. The van der Waals surface area contributed by atoms with Gasteiger partial charge in [-0.3, -0.25) is 0 Å². The lowest BCUT2D eigenvalue weighted by Gasteiger charge is -2.02. The maximum atomic E-state index is 11.8. The minimum absolute atomic E-state index is 0.347. The number of fused-ring (bicyclic) bond motifs is 1. The first-order valence-electron chi connectivity index (χ1n) is 5.23. The summed E-state index contributed by atoms with van der Waals surface area (Å²) in [6.07, 6.45) is 0. The summed E-state index contributed by atoms with van der Waals surface area (Å²) in [5, 5.41) is 4.30. The van der Waals surface area contributed by atoms with E-state index in [-0.39, 0.29) is 5.97 Å². The molecule has 0 aliphatic heterocycles. The van der Waals surface area contributed by atoms with Crippen LogP contribution >= 0.6 is 22.9 Å². The molecule has 0 bridgehead atoms. The Bertz CT molecular complexity index is 538. The van der Waals surface area contributed by atoms with Crippen LogP contribution in [0.5, 0.6) is 0 Å². The molecule has 0 saturated carbocycles. The third kappa shape index (κ3) is 2.60. The predicted octanol–water partition coefficient (Wildman–Crippen LogP) is 2.93. The highest BCUT2D eigenvalue weighted by atomic mass is 35.5. The summed E-state index contributed by atoms with van der Waals surface area (Å²) in [7, 11) is 1.81. The Morgan fingerprint density at radius 3 is 2.94 bits per heavy atom. The van der Waals surface area contributed by atoms with Gasteiger partial charge in [0.25, 0.3) is 0 Å². The maximum absolute atomic E-state index is 11.8. The van der Waals surface area contributed by atoms with E-state index < -0.39 is 0 Å². The average Bonchev–Trinajstić information content (AvgIpc) is 2.68. The largest absolute Gasteiger partial charge is 0.460 e. The second-order valence-electron chi connectivity index (χ2n) is 3.48. The molecule has 0 amide bonds. The molecule has 0 spiro atoms. The molecule has 0 fully saturated rings. The lowest BCUT2D eigenvalue weighted by molar-refractivity contribution is 0.0516. The smallest absolute Gasteiger partial charge is 0.349 e. The van der Waals surface area contributed by atoms with Crippen LogP contribution in [0, 0.1) is 0 Å². The van der Waals surface area contributed by atoms with E-state index >= 15 is 0 Å². The van der Waals surface area contributed by atoms with E-state index in [0.717, 1.165) is 10.1 Å². The molecule has 2 aromatic rings. The molecule has 0 aliphatic rings. The monoisotopic (exact) mass is 269 g/mol. The number of hydrogen-bond acceptors (Lipinski definition) is 4. The minimum Gasteiger partial charge on any atom is -0.460 e. The van der Waals surface area contributed by atoms with Gasteiger partial charge in [0.2, 0.25) is 0 Å². The summed E-state index contributed by atoms with van der Waals surface area (Å²) in [6, 6.07) is 7.66. The molecule has 1 aromatic carbocycles. The van der Waals surface area contributed by atoms with Crippen molar-refractivity contribution in [1.29, 1.82) is 0 Å². The van der Waals surface area contributed by atoms with Crippen molar-refractivity contribution in [3.8, 4) is 0 Å². The molecule has 1 heterocycles. The van der Waals surface area contributed by atoms with Gasteiger partial charge in [0.1, 0.15) is 11.5 Å². The zero-order chi connectivity index (χ0) is 12.3. The quantitative estimate of drug-likeness (QED) is 0.685. The molecule has 3 nitrogen and oxygen atoms in total. The Kier molecular flexibility index (Phi) is 3.99. The van der Waals surface area contributed by atoms with Crippen LogP contribution in [0.15, 0.2) is 24.3 Å². The maximum Gasteiger partial charge on any atom is 0.349 e. The Morgan fingerprint density at radius 1 is 1.47 bits per heavy atom. The van der Waals surface area contributed by atoms with Crippen molar-refractivity contribution in [3.63, 3.8) is 0 Å². The summed E-state index contributed by atoms with van der Waals surface area (Å²) in [5.41, 5.74) is 0. The number of carbonyl (C=O) groups excluding carboxylic acids is 1. The standard InChI is InChI=1S/C12H12ClNO2S/c1-14-6-7-16-12(15)11-10(13)8-4-2-3-5-9(8)17-11/h2-5,14H,6-7H2,1H3. The molecule has 0 radical (unpaired) electrons. The van der Waals surface area contributed by atoms with Crippen molar-refractivity contribution in [2.24, 2.45) is 0 Å². The highest BCUT2D eigenvalue weighted by Crippen LogP contribution is 2.35. The number of hydrogen-bond donors (Lipinski definition) is 1. The van der Waals surface area contributed by atoms with E-state index in [0.29, 0.717) is 23.1 Å². The first-order chi connectivity index (χ1) is 8.24. The molecule has 2 rings (SSSR count). The van der Waals surface area contributed by atoms with E-state index in [4.69, 9.17) is 16.3 Å². The summed E-state index contributed by atoms with van der Waals surface area (Å²) < 4.78 is 6.10. The molecule has 1 N–H and O–H groups in total. The van der Waals surface area contributed by atoms with Crippen molar-refractivity contribution >= 4 is 39.0 Å². The lowest BCUT2D eigenvalue weighted by Crippen LogP contribution is -2.17. The van der Waals surface area contributed by atoms with Gasteiger partial charge in [-0.15, -0.1) is 11.3 Å². The molecular formula is C12H12ClNO2S. The molecule has 0 unspecified atom stereocenters. The van der Waals surface area contributed by atoms with Gasteiger partial charge in [-0.25, -0.2) is 4.79 Å². The van der Waals surface area contributed by atoms with Crippen LogP contribution < -0.4 is 5.32 Å². The first-order valence-corrected chi connectivity index (χ1v) is 6.42. The molecule has 0 saturated heterocycles. The van der Waals surface area contributed by atoms with Crippen LogP contribution in [0.3, 0.4) is 0 Å². The van der Waals surface area contributed by atoms with Crippen LogP contribution in [-0.2, 0) is 4.74 Å². The van der Waals surface area contributed by atoms with Gasteiger partial charge >= 0.3 is 5.97 Å². The lowest BCUT2D eigenvalue weighted by atomic mass is 10.2. The summed E-state index contributed by atoms with van der Waals surface area (Å²) >= 11 is 7.52. The van der Waals surface area contributed by atoms with Gasteiger partial charge < -0.3 is 10.1 Å². The van der Waals surface area contributed by atoms with Crippen molar-refractivity contribution in [2.75, 3.05) is 20.2 Å².